The van der Waals surface area contributed by atoms with Crippen LogP contribution in [-0.2, 0) is 26.1 Å². The normalized spacial score (nSPS) is 8.15. The third kappa shape index (κ3) is 4.37. The zero-order chi connectivity index (χ0) is 8.43. The molecular weight excluding hydrogens is 374 g/mol. The van der Waals surface area contributed by atoms with Gasteiger partial charge in [0.25, 0.3) is 0 Å². The Hall–Kier alpha value is 0.315. The van der Waals surface area contributed by atoms with Crippen molar-refractivity contribution in [3.05, 3.63) is 28.3 Å². The Bertz CT molecular complexity index is 307. The Labute approximate surface area is 113 Å². The summed E-state index contributed by atoms with van der Waals surface area (Å²) in [5.74, 6) is -0.510. The molecule has 61 valence electrons. The summed E-state index contributed by atoms with van der Waals surface area (Å²) in [5, 5.41) is 21.0. The summed E-state index contributed by atoms with van der Waals surface area (Å²) >= 11 is 0.332. The van der Waals surface area contributed by atoms with E-state index in [1.165, 1.54) is 12.1 Å². The fourth-order valence-corrected chi connectivity index (χ4v) is 1.92. The topological polar surface area (TPSA) is 97.7 Å². The summed E-state index contributed by atoms with van der Waals surface area (Å²) in [6, 6.07) is 4.24. The van der Waals surface area contributed by atoms with Gasteiger partial charge in [-0.25, -0.2) is 0 Å². The largest absolute Gasteiger partial charge is 1.00 e. The molecule has 0 radical (unpaired) electrons. The van der Waals surface area contributed by atoms with Gasteiger partial charge in [-0.2, -0.15) is 0 Å². The third-order valence-electron chi connectivity index (χ3n) is 1.22. The van der Waals surface area contributed by atoms with E-state index in [4.69, 9.17) is 0 Å². The fraction of sp³-hybridized carbons (Fsp3) is 0. The summed E-state index contributed by atoms with van der Waals surface area (Å²) < 4.78 is 0.913. The maximum atomic E-state index is 10.8. The van der Waals surface area contributed by atoms with Gasteiger partial charge in [-0.3, -0.25) is 0 Å². The number of nitro benzene ring substituents is 1. The van der Waals surface area contributed by atoms with Crippen LogP contribution in [0.5, 0.6) is 5.75 Å². The molecule has 5 nitrogen and oxygen atoms in total. The van der Waals surface area contributed by atoms with Gasteiger partial charge in [0.15, 0.2) is 0 Å². The molecule has 0 heterocycles. The Kier molecular flexibility index (Phi) is 8.16. The van der Waals surface area contributed by atoms with Crippen LogP contribution in [0.25, 0.3) is 0 Å². The van der Waals surface area contributed by atoms with E-state index >= 15 is 0 Å². The zero-order valence-electron chi connectivity index (χ0n) is 7.11. The minimum absolute atomic E-state index is 0. The molecule has 0 aliphatic heterocycles. The van der Waals surface area contributed by atoms with Crippen molar-refractivity contribution in [1.82, 2.24) is 0 Å². The summed E-state index contributed by atoms with van der Waals surface area (Å²) in [6.07, 6.45) is 0. The smallest absolute Gasteiger partial charge is 1.00 e. The van der Waals surface area contributed by atoms with Crippen LogP contribution in [-0.4, -0.2) is 10.4 Å². The quantitative estimate of drug-likeness (QED) is 0.283. The predicted octanol–water partition coefficient (Wildman–Crippen LogP) is -3.98. The summed E-state index contributed by atoms with van der Waals surface area (Å²) in [5.41, 5.74) is -0.308. The fourth-order valence-electron chi connectivity index (χ4n) is 0.706. The summed E-state index contributed by atoms with van der Waals surface area (Å²) in [7, 11) is 0. The second-order valence-electron chi connectivity index (χ2n) is 2.06. The molecule has 0 aliphatic rings. The second kappa shape index (κ2) is 6.72. The first-order chi connectivity index (χ1) is 5.11. The number of hydrogen-bond donors (Lipinski definition) is 0. The van der Waals surface area contributed by atoms with E-state index in [-0.39, 0.29) is 40.7 Å². The third-order valence-corrected chi connectivity index (χ3v) is 2.93. The minimum atomic E-state index is -0.640. The van der Waals surface area contributed by atoms with Crippen LogP contribution in [0.4, 0.5) is 5.69 Å². The first kappa shape index (κ1) is 15.8. The molecule has 0 amide bonds. The van der Waals surface area contributed by atoms with Gasteiger partial charge in [0.1, 0.15) is 0 Å². The molecule has 1 rings (SSSR count). The molecule has 0 bridgehead atoms. The number of rotatable bonds is 1. The molecule has 0 unspecified atom stereocenters. The number of hydrogen-bond acceptors (Lipinski definition) is 3. The molecule has 1 aromatic carbocycles. The summed E-state index contributed by atoms with van der Waals surface area (Å²) in [4.78, 5) is 9.56. The molecule has 0 aromatic heterocycles. The number of nitrogens with zero attached hydrogens (tertiary/aromatic N) is 1. The maximum absolute atomic E-state index is 10.8. The van der Waals surface area contributed by atoms with Crippen LogP contribution in [0.2, 0.25) is 0 Å². The molecule has 2 N–H and O–H groups in total. The maximum Gasteiger partial charge on any atom is 1.00 e. The van der Waals surface area contributed by atoms with Crippen molar-refractivity contribution in [2.75, 3.05) is 0 Å². The molecule has 0 atom stereocenters. The van der Waals surface area contributed by atoms with E-state index in [1.807, 2.05) is 0 Å². The zero-order valence-corrected chi connectivity index (χ0v) is 14.6. The van der Waals surface area contributed by atoms with Crippen molar-refractivity contribution in [2.45, 2.75) is 0 Å². The minimum Gasteiger partial charge on any atom is 1.00 e. The van der Waals surface area contributed by atoms with Gasteiger partial charge in [-0.05, 0) is 0 Å². The average molecular weight is 379 g/mol. The van der Waals surface area contributed by atoms with Gasteiger partial charge in [-0.1, -0.05) is 0 Å². The van der Waals surface area contributed by atoms with Gasteiger partial charge in [-0.15, -0.1) is 0 Å². The van der Waals surface area contributed by atoms with Crippen molar-refractivity contribution < 1.29 is 71.2 Å². The molecule has 0 saturated carbocycles. The van der Waals surface area contributed by atoms with Crippen molar-refractivity contribution in [3.63, 3.8) is 0 Å². The van der Waals surface area contributed by atoms with Crippen molar-refractivity contribution in [2.24, 2.45) is 0 Å². The van der Waals surface area contributed by atoms with Crippen molar-refractivity contribution in [1.29, 1.82) is 0 Å². The van der Waals surface area contributed by atoms with E-state index in [0.29, 0.717) is 26.1 Å². The van der Waals surface area contributed by atoms with E-state index in [9.17, 15) is 15.2 Å². The Morgan fingerprint density at radius 3 is 2.31 bits per heavy atom. The van der Waals surface area contributed by atoms with Gasteiger partial charge in [0, 0.05) is 0 Å². The summed E-state index contributed by atoms with van der Waals surface area (Å²) in [6.45, 7) is 0. The van der Waals surface area contributed by atoms with Gasteiger partial charge in [0.2, 0.25) is 0 Å². The Morgan fingerprint density at radius 1 is 1.38 bits per heavy atom. The van der Waals surface area contributed by atoms with E-state index in [2.05, 4.69) is 0 Å². The van der Waals surface area contributed by atoms with E-state index in [0.717, 1.165) is 3.07 Å². The number of benzene rings is 1. The van der Waals surface area contributed by atoms with Crippen LogP contribution in [0, 0.1) is 10.1 Å². The molecular formula is C6H5HgNNaO4. The van der Waals surface area contributed by atoms with Gasteiger partial charge >= 0.3 is 109 Å². The first-order valence-electron chi connectivity index (χ1n) is 2.88. The molecule has 7 heteroatoms. The molecule has 0 aliphatic carbocycles. The van der Waals surface area contributed by atoms with Crippen LogP contribution in [0.1, 0.15) is 0 Å². The number of nitro groups is 1. The van der Waals surface area contributed by atoms with Crippen molar-refractivity contribution in [3.8, 4) is 5.75 Å². The van der Waals surface area contributed by atoms with Crippen molar-refractivity contribution >= 4 is 8.76 Å². The molecule has 0 spiro atoms. The van der Waals surface area contributed by atoms with Crippen LogP contribution in [0.3, 0.4) is 0 Å². The molecule has 0 fully saturated rings. The monoisotopic (exact) mass is 380 g/mol. The predicted molar refractivity (Wildman–Crippen MR) is 35.8 cm³/mol. The average Bonchev–Trinajstić information content (AvgIpc) is 1.94. The Morgan fingerprint density at radius 2 is 1.92 bits per heavy atom. The van der Waals surface area contributed by atoms with Crippen LogP contribution in [0.15, 0.2) is 18.2 Å². The molecule has 1 aromatic rings. The van der Waals surface area contributed by atoms with E-state index < -0.39 is 10.7 Å². The SMILES string of the molecule is O.O=[N+]([O-])c1c[c]([Hg])ccc1[O-].[Na+]. The molecule has 0 saturated heterocycles. The van der Waals surface area contributed by atoms with Crippen LogP contribution < -0.4 is 37.7 Å². The van der Waals surface area contributed by atoms with Gasteiger partial charge < -0.3 is 5.48 Å². The van der Waals surface area contributed by atoms with Gasteiger partial charge in [0.05, 0.1) is 0 Å². The van der Waals surface area contributed by atoms with E-state index in [1.54, 1.807) is 6.07 Å². The van der Waals surface area contributed by atoms with Crippen LogP contribution >= 0.6 is 0 Å². The first-order valence-corrected chi connectivity index (χ1v) is 5.63. The Balaban J connectivity index is 0. The standard InChI is InChI=1S/C6H4NO3.Hg.Na.H2O/c8-6-4-2-1-3-5(6)7(9)10;;;/h2-4,8H;;;1H2/q;;+1;/p-1. The second-order valence-corrected chi connectivity index (χ2v) is 5.23. The molecule has 13 heavy (non-hydrogen) atoms.